The predicted molar refractivity (Wildman–Crippen MR) is 65.5 cm³/mol. The number of hydrogen-bond donors (Lipinski definition) is 3. The number of aliphatic hydroxyl groups excluding tert-OH is 2. The zero-order chi connectivity index (χ0) is 13.1. The van der Waals surface area contributed by atoms with Gasteiger partial charge in [0.25, 0.3) is 0 Å². The van der Waals surface area contributed by atoms with Crippen molar-refractivity contribution in [3.63, 3.8) is 0 Å². The van der Waals surface area contributed by atoms with Crippen LogP contribution < -0.4 is 0 Å². The van der Waals surface area contributed by atoms with Gasteiger partial charge in [-0.3, -0.25) is 0 Å². The van der Waals surface area contributed by atoms with Crippen LogP contribution in [0.25, 0.3) is 0 Å². The van der Waals surface area contributed by atoms with Crippen molar-refractivity contribution in [2.75, 3.05) is 0 Å². The molecule has 1 unspecified atom stereocenters. The number of aromatic hydroxyl groups is 1. The lowest BCUT2D eigenvalue weighted by molar-refractivity contribution is 0.142. The van der Waals surface area contributed by atoms with E-state index in [1.54, 1.807) is 6.07 Å². The molecule has 96 valence electrons. The van der Waals surface area contributed by atoms with Crippen molar-refractivity contribution < 1.29 is 15.3 Å². The topological polar surface area (TPSA) is 73.6 Å². The van der Waals surface area contributed by atoms with E-state index in [1.807, 2.05) is 0 Å². The maximum Gasteiger partial charge on any atom is 0.139 e. The molecule has 1 heterocycles. The molecule has 17 heavy (non-hydrogen) atoms. The highest BCUT2D eigenvalue weighted by atomic mass is 16.3. The summed E-state index contributed by atoms with van der Waals surface area (Å²) in [5.41, 5.74) is 0.867. The number of nitrogens with zero attached hydrogens (tertiary/aromatic N) is 1. The van der Waals surface area contributed by atoms with Gasteiger partial charge in [0.05, 0.1) is 18.4 Å². The molecule has 1 atom stereocenters. The minimum Gasteiger partial charge on any atom is -0.506 e. The zero-order valence-electron chi connectivity index (χ0n) is 10.6. The van der Waals surface area contributed by atoms with Crippen LogP contribution in [0.3, 0.4) is 0 Å². The fourth-order valence-corrected chi connectivity index (χ4v) is 1.53. The number of hydrogen-bond acceptors (Lipinski definition) is 4. The fraction of sp³-hybridized carbons (Fsp3) is 0.615. The summed E-state index contributed by atoms with van der Waals surface area (Å²) in [5, 5.41) is 28.3. The summed E-state index contributed by atoms with van der Waals surface area (Å²) < 4.78 is 0. The van der Waals surface area contributed by atoms with Crippen LogP contribution in [-0.2, 0) is 6.61 Å². The van der Waals surface area contributed by atoms with Crippen molar-refractivity contribution >= 4 is 0 Å². The molecule has 0 saturated heterocycles. The second-order valence-corrected chi connectivity index (χ2v) is 5.48. The molecule has 0 amide bonds. The van der Waals surface area contributed by atoms with Crippen molar-refractivity contribution in [2.45, 2.75) is 46.3 Å². The molecule has 0 aliphatic heterocycles. The normalized spacial score (nSPS) is 13.7. The van der Waals surface area contributed by atoms with Crippen molar-refractivity contribution in [2.24, 2.45) is 5.41 Å². The van der Waals surface area contributed by atoms with Gasteiger partial charge in [-0.05, 0) is 30.4 Å². The Labute approximate surface area is 102 Å². The molecule has 0 fully saturated rings. The molecular formula is C13H21NO3. The standard InChI is InChI=1S/C13H21NO3/c1-13(2,3)7-6-12(17)9-4-5-11(16)10(8-15)14-9/h4-5,12,15-17H,6-8H2,1-3H3. The molecule has 4 nitrogen and oxygen atoms in total. The highest BCUT2D eigenvalue weighted by molar-refractivity contribution is 5.28. The lowest BCUT2D eigenvalue weighted by Gasteiger charge is -2.20. The Bertz CT molecular complexity index is 371. The van der Waals surface area contributed by atoms with Gasteiger partial charge in [0.2, 0.25) is 0 Å². The Morgan fingerprint density at radius 2 is 1.94 bits per heavy atom. The second-order valence-electron chi connectivity index (χ2n) is 5.48. The quantitative estimate of drug-likeness (QED) is 0.752. The summed E-state index contributed by atoms with van der Waals surface area (Å²) in [7, 11) is 0. The van der Waals surface area contributed by atoms with Gasteiger partial charge in [-0.25, -0.2) is 4.98 Å². The molecule has 1 aromatic heterocycles. The van der Waals surface area contributed by atoms with E-state index in [2.05, 4.69) is 25.8 Å². The zero-order valence-corrected chi connectivity index (χ0v) is 10.6. The van der Waals surface area contributed by atoms with Gasteiger partial charge in [-0.15, -0.1) is 0 Å². The van der Waals surface area contributed by atoms with Gasteiger partial charge < -0.3 is 15.3 Å². The van der Waals surface area contributed by atoms with Gasteiger partial charge in [0, 0.05) is 0 Å². The molecular weight excluding hydrogens is 218 g/mol. The van der Waals surface area contributed by atoms with Crippen molar-refractivity contribution in [1.82, 2.24) is 4.98 Å². The Hall–Kier alpha value is -1.13. The van der Waals surface area contributed by atoms with Crippen LogP contribution in [0.15, 0.2) is 12.1 Å². The van der Waals surface area contributed by atoms with E-state index in [0.717, 1.165) is 6.42 Å². The summed E-state index contributed by atoms with van der Waals surface area (Å²) in [5.74, 6) is -0.0423. The smallest absolute Gasteiger partial charge is 0.139 e. The Balaban J connectivity index is 2.72. The third-order valence-electron chi connectivity index (χ3n) is 2.63. The van der Waals surface area contributed by atoms with E-state index in [1.165, 1.54) is 6.07 Å². The lowest BCUT2D eigenvalue weighted by atomic mass is 9.89. The molecule has 0 aliphatic rings. The highest BCUT2D eigenvalue weighted by Gasteiger charge is 2.16. The van der Waals surface area contributed by atoms with Crippen molar-refractivity contribution in [1.29, 1.82) is 0 Å². The van der Waals surface area contributed by atoms with Crippen molar-refractivity contribution in [3.8, 4) is 5.75 Å². The van der Waals surface area contributed by atoms with Gasteiger partial charge in [0.15, 0.2) is 0 Å². The minimum absolute atomic E-state index is 0.0423. The first-order valence-corrected chi connectivity index (χ1v) is 5.81. The van der Waals surface area contributed by atoms with Crippen LogP contribution in [0.2, 0.25) is 0 Å². The summed E-state index contributed by atoms with van der Waals surface area (Å²) in [6, 6.07) is 3.04. The number of pyridine rings is 1. The molecule has 0 aliphatic carbocycles. The largest absolute Gasteiger partial charge is 0.506 e. The molecule has 0 aromatic carbocycles. The Morgan fingerprint density at radius 3 is 2.47 bits per heavy atom. The molecule has 1 rings (SSSR count). The summed E-state index contributed by atoms with van der Waals surface area (Å²) in [6.45, 7) is 6.01. The summed E-state index contributed by atoms with van der Waals surface area (Å²) in [6.07, 6.45) is 0.845. The van der Waals surface area contributed by atoms with Gasteiger partial charge in [0.1, 0.15) is 11.4 Å². The third kappa shape index (κ3) is 4.32. The SMILES string of the molecule is CC(C)(C)CCC(O)c1ccc(O)c(CO)n1. The van der Waals surface area contributed by atoms with E-state index in [-0.39, 0.29) is 23.5 Å². The molecule has 0 spiro atoms. The summed E-state index contributed by atoms with van der Waals surface area (Å²) >= 11 is 0. The third-order valence-corrected chi connectivity index (χ3v) is 2.63. The molecule has 3 N–H and O–H groups in total. The molecule has 4 heteroatoms. The van der Waals surface area contributed by atoms with Crippen LogP contribution in [-0.4, -0.2) is 20.3 Å². The first kappa shape index (κ1) is 13.9. The second kappa shape index (κ2) is 5.47. The molecule has 0 radical (unpaired) electrons. The van der Waals surface area contributed by atoms with Gasteiger partial charge in [-0.1, -0.05) is 20.8 Å². The number of aliphatic hydroxyl groups is 2. The predicted octanol–water partition coefficient (Wildman–Crippen LogP) is 2.14. The number of rotatable bonds is 4. The van der Waals surface area contributed by atoms with E-state index < -0.39 is 6.10 Å². The van der Waals surface area contributed by atoms with E-state index in [4.69, 9.17) is 5.11 Å². The van der Waals surface area contributed by atoms with Crippen LogP contribution in [0.1, 0.15) is 51.1 Å². The van der Waals surface area contributed by atoms with Crippen LogP contribution in [0.5, 0.6) is 5.75 Å². The van der Waals surface area contributed by atoms with E-state index in [0.29, 0.717) is 12.1 Å². The number of aromatic nitrogens is 1. The monoisotopic (exact) mass is 239 g/mol. The average Bonchev–Trinajstić information content (AvgIpc) is 2.25. The maximum atomic E-state index is 9.97. The molecule has 0 saturated carbocycles. The fourth-order valence-electron chi connectivity index (χ4n) is 1.53. The lowest BCUT2D eigenvalue weighted by Crippen LogP contribution is -2.09. The van der Waals surface area contributed by atoms with Gasteiger partial charge in [-0.2, -0.15) is 0 Å². The first-order valence-electron chi connectivity index (χ1n) is 5.81. The van der Waals surface area contributed by atoms with Crippen LogP contribution in [0.4, 0.5) is 0 Å². The van der Waals surface area contributed by atoms with Crippen LogP contribution in [0, 0.1) is 5.41 Å². The van der Waals surface area contributed by atoms with Crippen molar-refractivity contribution in [3.05, 3.63) is 23.5 Å². The minimum atomic E-state index is -0.653. The van der Waals surface area contributed by atoms with Crippen LogP contribution >= 0.6 is 0 Å². The van der Waals surface area contributed by atoms with E-state index >= 15 is 0 Å². The average molecular weight is 239 g/mol. The van der Waals surface area contributed by atoms with Gasteiger partial charge >= 0.3 is 0 Å². The van der Waals surface area contributed by atoms with E-state index in [9.17, 15) is 10.2 Å². The molecule has 0 bridgehead atoms. The molecule has 1 aromatic rings. The maximum absolute atomic E-state index is 9.97. The highest BCUT2D eigenvalue weighted by Crippen LogP contribution is 2.27. The Morgan fingerprint density at radius 1 is 1.29 bits per heavy atom. The summed E-state index contributed by atoms with van der Waals surface area (Å²) in [4.78, 5) is 4.04. The first-order chi connectivity index (χ1) is 7.83. The Kier molecular flexibility index (Phi) is 4.48.